The highest BCUT2D eigenvalue weighted by atomic mass is 16.5. The molecule has 1 aliphatic heterocycles. The molecular weight excluding hydrogens is 450 g/mol. The SMILES string of the molecule is O=C(CCCCCCC(=O)N1Cc2ccccc2CC1C(=O)N[C@H](C(=O)O)c1ccccc1)NO. The van der Waals surface area contributed by atoms with Gasteiger partial charge in [0.1, 0.15) is 6.04 Å². The number of nitrogens with zero attached hydrogens (tertiary/aromatic N) is 1. The zero-order chi connectivity index (χ0) is 25.2. The maximum atomic E-state index is 13.3. The fourth-order valence-electron chi connectivity index (χ4n) is 4.31. The van der Waals surface area contributed by atoms with Crippen LogP contribution in [0, 0.1) is 0 Å². The average molecular weight is 482 g/mol. The summed E-state index contributed by atoms with van der Waals surface area (Å²) in [6, 6.07) is 14.1. The van der Waals surface area contributed by atoms with Gasteiger partial charge in [-0.05, 0) is 29.5 Å². The Morgan fingerprint density at radius 1 is 0.886 bits per heavy atom. The van der Waals surface area contributed by atoms with Gasteiger partial charge in [-0.15, -0.1) is 0 Å². The molecule has 186 valence electrons. The van der Waals surface area contributed by atoms with Gasteiger partial charge >= 0.3 is 5.97 Å². The first-order valence-electron chi connectivity index (χ1n) is 11.8. The van der Waals surface area contributed by atoms with Gasteiger partial charge in [0.2, 0.25) is 17.7 Å². The minimum Gasteiger partial charge on any atom is -0.479 e. The van der Waals surface area contributed by atoms with E-state index in [9.17, 15) is 24.3 Å². The van der Waals surface area contributed by atoms with Crippen LogP contribution < -0.4 is 10.8 Å². The fraction of sp³-hybridized carbons (Fsp3) is 0.385. The molecule has 0 saturated heterocycles. The smallest absolute Gasteiger partial charge is 0.330 e. The van der Waals surface area contributed by atoms with E-state index in [-0.39, 0.29) is 25.3 Å². The van der Waals surface area contributed by atoms with Crippen molar-refractivity contribution >= 4 is 23.7 Å². The lowest BCUT2D eigenvalue weighted by Crippen LogP contribution is -2.53. The van der Waals surface area contributed by atoms with Crippen LogP contribution in [0.5, 0.6) is 0 Å². The third-order valence-electron chi connectivity index (χ3n) is 6.21. The summed E-state index contributed by atoms with van der Waals surface area (Å²) in [4.78, 5) is 50.9. The summed E-state index contributed by atoms with van der Waals surface area (Å²) in [6.07, 6.45) is 3.48. The molecule has 3 rings (SSSR count). The van der Waals surface area contributed by atoms with Crippen molar-refractivity contribution in [1.29, 1.82) is 0 Å². The molecule has 2 atom stereocenters. The Labute approximate surface area is 204 Å². The summed E-state index contributed by atoms with van der Waals surface area (Å²) in [5.41, 5.74) is 3.99. The van der Waals surface area contributed by atoms with Crippen LogP contribution in [0.15, 0.2) is 54.6 Å². The van der Waals surface area contributed by atoms with E-state index in [0.717, 1.165) is 24.0 Å². The summed E-state index contributed by atoms with van der Waals surface area (Å²) in [7, 11) is 0. The molecule has 0 radical (unpaired) electrons. The van der Waals surface area contributed by atoms with Crippen LogP contribution in [0.4, 0.5) is 0 Å². The largest absolute Gasteiger partial charge is 0.479 e. The molecular formula is C26H31N3O6. The van der Waals surface area contributed by atoms with E-state index in [0.29, 0.717) is 24.8 Å². The molecule has 35 heavy (non-hydrogen) atoms. The number of hydroxylamine groups is 1. The molecule has 0 aliphatic carbocycles. The normalized spacial score (nSPS) is 15.6. The number of carbonyl (C=O) groups excluding carboxylic acids is 3. The van der Waals surface area contributed by atoms with Crippen LogP contribution in [0.3, 0.4) is 0 Å². The first kappa shape index (κ1) is 25.9. The molecule has 0 saturated carbocycles. The molecule has 9 nitrogen and oxygen atoms in total. The van der Waals surface area contributed by atoms with Crippen LogP contribution in [-0.2, 0) is 32.1 Å². The van der Waals surface area contributed by atoms with Crippen molar-refractivity contribution in [3.63, 3.8) is 0 Å². The Morgan fingerprint density at radius 3 is 2.17 bits per heavy atom. The quantitative estimate of drug-likeness (QED) is 0.221. The van der Waals surface area contributed by atoms with E-state index >= 15 is 0 Å². The number of fused-ring (bicyclic) bond motifs is 1. The lowest BCUT2D eigenvalue weighted by atomic mass is 9.92. The van der Waals surface area contributed by atoms with Crippen LogP contribution in [-0.4, -0.2) is 44.9 Å². The van der Waals surface area contributed by atoms with Crippen LogP contribution in [0.25, 0.3) is 0 Å². The molecule has 3 amide bonds. The van der Waals surface area contributed by atoms with Gasteiger partial charge in [0, 0.05) is 25.8 Å². The van der Waals surface area contributed by atoms with E-state index in [2.05, 4.69) is 5.32 Å². The first-order valence-corrected chi connectivity index (χ1v) is 11.8. The number of benzene rings is 2. The van der Waals surface area contributed by atoms with Crippen LogP contribution in [0.2, 0.25) is 0 Å². The third kappa shape index (κ3) is 7.13. The minimum absolute atomic E-state index is 0.167. The molecule has 9 heteroatoms. The van der Waals surface area contributed by atoms with Crippen molar-refractivity contribution in [2.24, 2.45) is 0 Å². The number of carbonyl (C=O) groups is 4. The van der Waals surface area contributed by atoms with Gasteiger partial charge in [0.15, 0.2) is 6.04 Å². The van der Waals surface area contributed by atoms with Gasteiger partial charge in [0.05, 0.1) is 0 Å². The van der Waals surface area contributed by atoms with Gasteiger partial charge in [-0.2, -0.15) is 0 Å². The Bertz CT molecular complexity index is 1040. The van der Waals surface area contributed by atoms with Crippen LogP contribution in [0.1, 0.15) is 61.3 Å². The van der Waals surface area contributed by atoms with Crippen molar-refractivity contribution in [3.8, 4) is 0 Å². The predicted octanol–water partition coefficient (Wildman–Crippen LogP) is 2.73. The summed E-state index contributed by atoms with van der Waals surface area (Å²) < 4.78 is 0. The number of carboxylic acid groups (broad SMARTS) is 1. The summed E-state index contributed by atoms with van der Waals surface area (Å²) in [5, 5.41) is 20.9. The predicted molar refractivity (Wildman–Crippen MR) is 127 cm³/mol. The lowest BCUT2D eigenvalue weighted by Gasteiger charge is -2.36. The maximum Gasteiger partial charge on any atom is 0.330 e. The molecule has 2 aromatic carbocycles. The second-order valence-corrected chi connectivity index (χ2v) is 8.65. The fourth-order valence-corrected chi connectivity index (χ4v) is 4.31. The molecule has 0 aromatic heterocycles. The number of rotatable bonds is 11. The molecule has 2 aromatic rings. The number of hydrogen-bond donors (Lipinski definition) is 4. The van der Waals surface area contributed by atoms with E-state index in [1.807, 2.05) is 24.3 Å². The van der Waals surface area contributed by atoms with E-state index in [4.69, 9.17) is 5.21 Å². The number of aliphatic carboxylic acids is 1. The highest BCUT2D eigenvalue weighted by Gasteiger charge is 2.36. The molecule has 4 N–H and O–H groups in total. The number of hydrogen-bond acceptors (Lipinski definition) is 5. The van der Waals surface area contributed by atoms with Crippen molar-refractivity contribution < 1.29 is 29.5 Å². The van der Waals surface area contributed by atoms with Gasteiger partial charge in [-0.25, -0.2) is 10.3 Å². The summed E-state index contributed by atoms with van der Waals surface area (Å²) in [6.45, 7) is 0.285. The van der Waals surface area contributed by atoms with Crippen molar-refractivity contribution in [3.05, 3.63) is 71.3 Å². The Balaban J connectivity index is 1.67. The van der Waals surface area contributed by atoms with E-state index in [1.165, 1.54) is 0 Å². The molecule has 1 unspecified atom stereocenters. The second-order valence-electron chi connectivity index (χ2n) is 8.65. The topological polar surface area (TPSA) is 136 Å². The minimum atomic E-state index is -1.21. The Morgan fingerprint density at radius 2 is 1.51 bits per heavy atom. The van der Waals surface area contributed by atoms with Crippen molar-refractivity contribution in [2.45, 2.75) is 63.6 Å². The molecule has 0 bridgehead atoms. The highest BCUT2D eigenvalue weighted by Crippen LogP contribution is 2.25. The molecule has 0 spiro atoms. The van der Waals surface area contributed by atoms with E-state index in [1.54, 1.807) is 40.7 Å². The number of unbranched alkanes of at least 4 members (excludes halogenated alkanes) is 3. The zero-order valence-electron chi connectivity index (χ0n) is 19.5. The lowest BCUT2D eigenvalue weighted by molar-refractivity contribution is -0.145. The number of nitrogens with one attached hydrogen (secondary N) is 2. The summed E-state index contributed by atoms with van der Waals surface area (Å²) in [5.74, 6) is -2.27. The maximum absolute atomic E-state index is 13.3. The first-order chi connectivity index (χ1) is 16.9. The summed E-state index contributed by atoms with van der Waals surface area (Å²) >= 11 is 0. The van der Waals surface area contributed by atoms with Crippen molar-refractivity contribution in [2.75, 3.05) is 0 Å². The zero-order valence-corrected chi connectivity index (χ0v) is 19.5. The van der Waals surface area contributed by atoms with E-state index < -0.39 is 29.9 Å². The second kappa shape index (κ2) is 12.7. The standard InChI is InChI=1S/C26H31N3O6/c30-22(28-35)14-6-1-2-7-15-23(31)29-17-20-13-9-8-12-19(20)16-21(29)25(32)27-24(26(33)34)18-10-4-3-5-11-18/h3-5,8-13,21,24,35H,1-2,6-7,14-17H2,(H,27,32)(H,28,30)(H,33,34)/t21?,24-/m0/s1. The third-order valence-corrected chi connectivity index (χ3v) is 6.21. The van der Waals surface area contributed by atoms with Crippen molar-refractivity contribution in [1.82, 2.24) is 15.7 Å². The molecule has 1 aliphatic rings. The molecule has 0 fully saturated rings. The molecule has 1 heterocycles. The average Bonchev–Trinajstić information content (AvgIpc) is 2.88. The van der Waals surface area contributed by atoms with Crippen LogP contribution >= 0.6 is 0 Å². The van der Waals surface area contributed by atoms with Gasteiger partial charge in [0.25, 0.3) is 0 Å². The van der Waals surface area contributed by atoms with Gasteiger partial charge in [-0.3, -0.25) is 19.6 Å². The Kier molecular flexibility index (Phi) is 9.37. The monoisotopic (exact) mass is 481 g/mol. The number of amides is 3. The Hall–Kier alpha value is -3.72. The highest BCUT2D eigenvalue weighted by molar-refractivity contribution is 5.91. The van der Waals surface area contributed by atoms with Gasteiger partial charge in [-0.1, -0.05) is 67.4 Å². The van der Waals surface area contributed by atoms with Gasteiger partial charge < -0.3 is 15.3 Å². The number of carboxylic acids is 1.